The van der Waals surface area contributed by atoms with E-state index in [1.54, 1.807) is 110 Å². The fourth-order valence-corrected chi connectivity index (χ4v) is 13.6. The van der Waals surface area contributed by atoms with E-state index in [9.17, 15) is 82.4 Å². The van der Waals surface area contributed by atoms with Gasteiger partial charge in [-0.1, -0.05) is 90.1 Å². The number of nitrogens with two attached hydrogens (primary N) is 2. The first-order valence-corrected chi connectivity index (χ1v) is 39.8. The molecule has 38 nitrogen and oxygen atoms in total. The maximum atomic E-state index is 15.1. The van der Waals surface area contributed by atoms with Crippen molar-refractivity contribution in [2.75, 3.05) is 26.2 Å². The Labute approximate surface area is 688 Å². The van der Waals surface area contributed by atoms with Crippen LogP contribution in [-0.4, -0.2) is 240 Å². The number of imidazole rings is 1. The number of primary amides is 1. The number of nitrogens with zero attached hydrogens (tertiary/aromatic N) is 2. The monoisotopic (exact) mass is 1650 g/mol. The smallest absolute Gasteiger partial charge is 0.245 e. The average Bonchev–Trinajstić information content (AvgIpc) is 1.71. The molecule has 646 valence electrons. The number of H-pyrrole nitrogens is 3. The minimum Gasteiger partial charge on any atom is -0.508 e. The molecular formula is C81H114N20O18. The Bertz CT molecular complexity index is 4530. The van der Waals surface area contributed by atoms with Gasteiger partial charge < -0.3 is 116 Å². The summed E-state index contributed by atoms with van der Waals surface area (Å²) in [6.45, 7) is 14.6. The molecule has 15 amide bonds. The van der Waals surface area contributed by atoms with Crippen LogP contribution in [0.4, 0.5) is 0 Å². The summed E-state index contributed by atoms with van der Waals surface area (Å²) in [4.78, 5) is 224. The number of rotatable bonds is 45. The predicted octanol–water partition coefficient (Wildman–Crippen LogP) is -2.32. The van der Waals surface area contributed by atoms with Gasteiger partial charge in [0.05, 0.1) is 44.2 Å². The standard InChI is InChI=1S/C81H114N20O18/c1-41(2)26-57(72(110)87-38-68(107)101-25-15-20-65(101)80(118)98-63(32-51-37-84-40-88-51)73(111)89-44(7)39-102)94-75(113)58(27-42(3)4)95-77(115)60(29-48-21-23-52(104)24-22-48)96-78(116)62(31-50-36-86-56-19-14-12-17-54(50)56)93-71(109)46(9)90-70(108)45(8)91-74(112)64(33-66(83)105)97-76(114)59(28-43(5)6)99-81(119)69(47(10)103)100-79(117)61(92-67(106)34-82)30-49-35-85-55-18-13-11-16-53(49)55/h11-14,16-19,21-24,35-37,40-47,57-65,69,85-86,102-104H,15,20,25-34,38-39,82H2,1-10H3,(H2,83,105)(H,84,88)(H,87,110)(H,89,111)(H,90,108)(H,91,112)(H,92,106)(H,93,109)(H,94,113)(H,95,115)(H,96,116)(H,97,114)(H,98,118)(H,99,119)(H,100,117)/t44-,45-,46-,47+,57-,58-,59-,60-,61-,62+,63-,64-,65-,69-/m0/s1. The highest BCUT2D eigenvalue weighted by Gasteiger charge is 2.40. The van der Waals surface area contributed by atoms with E-state index < -0.39 is 193 Å². The minimum absolute atomic E-state index is 0.000369. The van der Waals surface area contributed by atoms with Crippen LogP contribution >= 0.6 is 0 Å². The largest absolute Gasteiger partial charge is 0.508 e. The number of hydrogen-bond acceptors (Lipinski definition) is 20. The molecule has 6 aromatic rings. The van der Waals surface area contributed by atoms with Gasteiger partial charge in [0.25, 0.3) is 0 Å². The molecule has 0 spiro atoms. The van der Waals surface area contributed by atoms with Crippen molar-refractivity contribution in [1.82, 2.24) is 94.0 Å². The molecule has 0 radical (unpaired) electrons. The van der Waals surface area contributed by atoms with Crippen molar-refractivity contribution < 1.29 is 87.2 Å². The molecule has 1 aliphatic heterocycles. The third-order valence-corrected chi connectivity index (χ3v) is 19.9. The molecule has 0 unspecified atom stereocenters. The molecule has 3 aromatic heterocycles. The lowest BCUT2D eigenvalue weighted by Gasteiger charge is -2.29. The molecule has 3 aromatic carbocycles. The zero-order valence-electron chi connectivity index (χ0n) is 68.5. The lowest BCUT2D eigenvalue weighted by atomic mass is 9.98. The van der Waals surface area contributed by atoms with Gasteiger partial charge in [0, 0.05) is 78.7 Å². The summed E-state index contributed by atoms with van der Waals surface area (Å²) in [5.41, 5.74) is 14.6. The highest BCUT2D eigenvalue weighted by molar-refractivity contribution is 6.01. The first-order valence-electron chi connectivity index (χ1n) is 39.8. The summed E-state index contributed by atoms with van der Waals surface area (Å²) in [6, 6.07) is 2.19. The Morgan fingerprint density at radius 2 is 0.941 bits per heavy atom. The molecular weight excluding hydrogens is 1540 g/mol. The minimum atomic E-state index is -1.79. The summed E-state index contributed by atoms with van der Waals surface area (Å²) in [7, 11) is 0. The molecule has 0 aliphatic carbocycles. The SMILES string of the molecule is CC(C)C[C@H](NC(=O)[C@H](CC(C)C)NC(=O)[C@H](Cc1ccc(O)cc1)NC(=O)[C@@H](Cc1c[nH]c2ccccc12)NC(=O)[C@H](C)NC(=O)[C@H](C)NC(=O)[C@H](CC(N)=O)NC(=O)[C@H](CC(C)C)NC(=O)[C@@H](NC(=O)[C@H](Cc1c[nH]c2ccccc12)NC(=O)CN)[C@@H](C)O)C(=O)NCC(=O)N1CCC[C@H]1C(=O)N[C@@H](Cc1c[nH]cn1)C(=O)N[C@@H](C)CO. The molecule has 7 rings (SSSR count). The number of carbonyl (C=O) groups excluding carboxylic acids is 15. The number of aliphatic hydroxyl groups is 2. The predicted molar refractivity (Wildman–Crippen MR) is 436 cm³/mol. The number of carbonyl (C=O) groups is 15. The number of phenolic OH excluding ortho intramolecular Hbond substituents is 1. The van der Waals surface area contributed by atoms with Gasteiger partial charge in [-0.3, -0.25) is 71.9 Å². The zero-order valence-corrected chi connectivity index (χ0v) is 68.5. The van der Waals surface area contributed by atoms with Crippen molar-refractivity contribution in [3.63, 3.8) is 0 Å². The molecule has 4 heterocycles. The molecule has 0 bridgehead atoms. The Balaban J connectivity index is 1.02. The summed E-state index contributed by atoms with van der Waals surface area (Å²) < 4.78 is 0. The van der Waals surface area contributed by atoms with Gasteiger partial charge >= 0.3 is 0 Å². The van der Waals surface area contributed by atoms with Crippen LogP contribution in [0.25, 0.3) is 21.8 Å². The van der Waals surface area contributed by atoms with Gasteiger partial charge in [0.2, 0.25) is 88.6 Å². The molecule has 1 saturated heterocycles. The number of amides is 15. The van der Waals surface area contributed by atoms with E-state index in [-0.39, 0.29) is 88.0 Å². The second-order valence-corrected chi connectivity index (χ2v) is 31.3. The number of benzene rings is 3. The number of hydrogen-bond donors (Lipinski definition) is 21. The Hall–Kier alpha value is -12.3. The molecule has 14 atom stereocenters. The van der Waals surface area contributed by atoms with Gasteiger partial charge in [0.1, 0.15) is 78.3 Å². The van der Waals surface area contributed by atoms with Gasteiger partial charge in [-0.25, -0.2) is 4.98 Å². The zero-order chi connectivity index (χ0) is 87.5. The first-order chi connectivity index (χ1) is 56.4. The number of aromatic hydroxyl groups is 1. The van der Waals surface area contributed by atoms with Crippen molar-refractivity contribution in [3.05, 3.63) is 120 Å². The fourth-order valence-electron chi connectivity index (χ4n) is 13.6. The van der Waals surface area contributed by atoms with Gasteiger partial charge in [-0.2, -0.15) is 0 Å². The van der Waals surface area contributed by atoms with Crippen LogP contribution in [0.3, 0.4) is 0 Å². The summed E-state index contributed by atoms with van der Waals surface area (Å²) in [5.74, 6) is -13.9. The number of phenols is 1. The highest BCUT2D eigenvalue weighted by atomic mass is 16.3. The molecule has 0 saturated carbocycles. The summed E-state index contributed by atoms with van der Waals surface area (Å²) >= 11 is 0. The highest BCUT2D eigenvalue weighted by Crippen LogP contribution is 2.24. The van der Waals surface area contributed by atoms with Crippen molar-refractivity contribution in [2.45, 2.75) is 218 Å². The molecule has 119 heavy (non-hydrogen) atoms. The number of aromatic nitrogens is 4. The third-order valence-electron chi connectivity index (χ3n) is 19.9. The van der Waals surface area contributed by atoms with E-state index in [0.29, 0.717) is 39.7 Å². The van der Waals surface area contributed by atoms with E-state index >= 15 is 4.79 Å². The van der Waals surface area contributed by atoms with Crippen LogP contribution in [0.2, 0.25) is 0 Å². The second kappa shape index (κ2) is 44.9. The second-order valence-electron chi connectivity index (χ2n) is 31.3. The van der Waals surface area contributed by atoms with E-state index in [4.69, 9.17) is 11.5 Å². The molecule has 38 heteroatoms. The maximum Gasteiger partial charge on any atom is 0.245 e. The van der Waals surface area contributed by atoms with E-state index in [1.165, 1.54) is 56.3 Å². The van der Waals surface area contributed by atoms with Crippen molar-refractivity contribution in [2.24, 2.45) is 29.2 Å². The normalized spacial score (nSPS) is 16.0. The maximum absolute atomic E-state index is 15.1. The number of para-hydroxylation sites is 2. The van der Waals surface area contributed by atoms with E-state index in [1.807, 2.05) is 6.07 Å². The van der Waals surface area contributed by atoms with E-state index in [0.717, 1.165) is 10.9 Å². The van der Waals surface area contributed by atoms with E-state index in [2.05, 4.69) is 89.1 Å². The van der Waals surface area contributed by atoms with Crippen LogP contribution < -0.4 is 80.6 Å². The molecule has 1 aliphatic rings. The van der Waals surface area contributed by atoms with Crippen LogP contribution in [0.5, 0.6) is 5.75 Å². The average molecular weight is 1660 g/mol. The van der Waals surface area contributed by atoms with Crippen LogP contribution in [0.1, 0.15) is 130 Å². The van der Waals surface area contributed by atoms with Crippen LogP contribution in [-0.2, 0) is 97.6 Å². The number of aromatic amines is 3. The molecule has 1 fully saturated rings. The number of aliphatic hydroxyl groups excluding tert-OH is 2. The van der Waals surface area contributed by atoms with Gasteiger partial charge in [-0.15, -0.1) is 0 Å². The Morgan fingerprint density at radius 1 is 0.496 bits per heavy atom. The van der Waals surface area contributed by atoms with Crippen molar-refractivity contribution in [3.8, 4) is 5.75 Å². The van der Waals surface area contributed by atoms with Gasteiger partial charge in [0.15, 0.2) is 0 Å². The van der Waals surface area contributed by atoms with Crippen molar-refractivity contribution in [1.29, 1.82) is 0 Å². The first kappa shape index (κ1) is 93.8. The van der Waals surface area contributed by atoms with Gasteiger partial charge in [-0.05, 0) is 119 Å². The van der Waals surface area contributed by atoms with Crippen LogP contribution in [0, 0.1) is 17.8 Å². The summed E-state index contributed by atoms with van der Waals surface area (Å²) in [6.07, 6.45) is 3.90. The lowest BCUT2D eigenvalue weighted by molar-refractivity contribution is -0.140. The number of nitrogens with one attached hydrogen (secondary N) is 16. The van der Waals surface area contributed by atoms with Crippen LogP contribution in [0.15, 0.2) is 97.7 Å². The lowest BCUT2D eigenvalue weighted by Crippen LogP contribution is -2.62. The molecule has 23 N–H and O–H groups in total. The number of fused-ring (bicyclic) bond motifs is 2. The Morgan fingerprint density at radius 3 is 1.45 bits per heavy atom. The fraction of sp³-hybridized carbons (Fsp3) is 0.506. The number of likely N-dealkylation sites (tertiary alicyclic amines) is 1. The van der Waals surface area contributed by atoms with Crippen molar-refractivity contribution >= 4 is 110 Å². The quantitative estimate of drug-likeness (QED) is 0.0191. The topological polar surface area (TPSA) is 589 Å². The Kier molecular flexibility index (Phi) is 35.4. The third kappa shape index (κ3) is 28.5. The summed E-state index contributed by atoms with van der Waals surface area (Å²) in [5, 5.41) is 65.9.